The minimum absolute atomic E-state index is 0.498. The summed E-state index contributed by atoms with van der Waals surface area (Å²) in [6.45, 7) is 2.00. The van der Waals surface area contributed by atoms with Gasteiger partial charge in [0.25, 0.3) is 0 Å². The Morgan fingerprint density at radius 2 is 0.796 bits per heavy atom. The molecular weight excluding hydrogens is 667 g/mol. The fourth-order valence-corrected chi connectivity index (χ4v) is 6.86. The van der Waals surface area contributed by atoms with E-state index >= 15 is 0 Å². The highest BCUT2D eigenvalue weighted by Crippen LogP contribution is 2.37. The number of rotatable bonds is 3. The minimum Gasteiger partial charge on any atom is -0.423 e. The summed E-state index contributed by atoms with van der Waals surface area (Å²) < 4.78 is 6.05. The fourth-order valence-electron chi connectivity index (χ4n) is 6.60. The molecule has 0 amide bonds. The van der Waals surface area contributed by atoms with Crippen molar-refractivity contribution in [3.8, 4) is 22.3 Å². The maximum Gasteiger partial charge on any atom is 0.488 e. The van der Waals surface area contributed by atoms with Crippen LogP contribution in [0.4, 0.5) is 0 Å². The lowest BCUT2D eigenvalue weighted by Gasteiger charge is -2.12. The van der Waals surface area contributed by atoms with E-state index in [1.807, 2.05) is 36.4 Å². The van der Waals surface area contributed by atoms with Crippen molar-refractivity contribution >= 4 is 71.6 Å². The van der Waals surface area contributed by atoms with E-state index in [1.54, 1.807) is 12.1 Å². The molecule has 1 aliphatic heterocycles. The van der Waals surface area contributed by atoms with Crippen LogP contribution in [-0.4, -0.2) is 30.4 Å². The Hall–Kier alpha value is -4.78. The van der Waals surface area contributed by atoms with Crippen LogP contribution in [-0.2, 0) is 4.74 Å². The quantitative estimate of drug-likeness (QED) is 0.142. The molecule has 0 bridgehead atoms. The monoisotopic (exact) mass is 702 g/mol. The van der Waals surface area contributed by atoms with Gasteiger partial charge < -0.3 is 14.8 Å². The molecule has 1 heterocycles. The largest absolute Gasteiger partial charge is 0.488 e. The van der Waals surface area contributed by atoms with Gasteiger partial charge in [-0.15, -0.1) is 0 Å². The van der Waals surface area contributed by atoms with Crippen LogP contribution >= 0.6 is 15.9 Å². The molecule has 2 N–H and O–H groups in total. The number of halogens is 1. The first kappa shape index (κ1) is 32.8. The first-order valence-corrected chi connectivity index (χ1v) is 17.5. The third-order valence-electron chi connectivity index (χ3n) is 9.00. The van der Waals surface area contributed by atoms with Crippen molar-refractivity contribution in [2.24, 2.45) is 0 Å². The van der Waals surface area contributed by atoms with Crippen LogP contribution in [0.25, 0.3) is 65.3 Å². The number of hydrogen-bond acceptors (Lipinski definition) is 3. The van der Waals surface area contributed by atoms with Gasteiger partial charge in [0, 0.05) is 17.7 Å². The summed E-state index contributed by atoms with van der Waals surface area (Å²) in [5.41, 5.74) is 5.32. The predicted octanol–water partition coefficient (Wildman–Crippen LogP) is 10.6. The molecule has 0 saturated carbocycles. The average molecular weight is 703 g/mol. The van der Waals surface area contributed by atoms with Crippen molar-refractivity contribution in [2.45, 2.75) is 12.8 Å². The van der Waals surface area contributed by atoms with Crippen molar-refractivity contribution in [3.05, 3.63) is 162 Å². The van der Waals surface area contributed by atoms with Gasteiger partial charge in [0.1, 0.15) is 0 Å². The summed E-state index contributed by atoms with van der Waals surface area (Å²) in [4.78, 5) is 0. The van der Waals surface area contributed by atoms with E-state index in [0.29, 0.717) is 5.46 Å². The van der Waals surface area contributed by atoms with Gasteiger partial charge in [-0.05, 0) is 108 Å². The second-order valence-electron chi connectivity index (χ2n) is 12.2. The normalized spacial score (nSPS) is 12.4. The lowest BCUT2D eigenvalue weighted by molar-refractivity contribution is 0.198. The van der Waals surface area contributed by atoms with E-state index in [9.17, 15) is 10.0 Å². The molecule has 1 saturated heterocycles. The molecule has 0 spiro atoms. The van der Waals surface area contributed by atoms with Crippen molar-refractivity contribution in [3.63, 3.8) is 0 Å². The maximum absolute atomic E-state index is 9.28. The summed E-state index contributed by atoms with van der Waals surface area (Å²) in [5, 5.41) is 28.5. The van der Waals surface area contributed by atoms with Crippen molar-refractivity contribution in [2.75, 3.05) is 13.2 Å². The number of benzene rings is 8. The highest BCUT2D eigenvalue weighted by Gasteiger charge is 2.13. The smallest absolute Gasteiger partial charge is 0.423 e. The second-order valence-corrected chi connectivity index (χ2v) is 13.1. The Balaban J connectivity index is 0.000000135. The Labute approximate surface area is 295 Å². The summed E-state index contributed by atoms with van der Waals surface area (Å²) in [6.07, 6.45) is 2.56. The van der Waals surface area contributed by atoms with Gasteiger partial charge in [-0.25, -0.2) is 0 Å². The van der Waals surface area contributed by atoms with Crippen LogP contribution in [0, 0.1) is 0 Å². The van der Waals surface area contributed by atoms with Gasteiger partial charge in [0.2, 0.25) is 0 Å². The Bertz CT molecular complexity index is 2230. The molecular formula is C44H36BBrO3. The Kier molecular flexibility index (Phi) is 10.2. The van der Waals surface area contributed by atoms with Gasteiger partial charge in [-0.3, -0.25) is 0 Å². The summed E-state index contributed by atoms with van der Waals surface area (Å²) in [6, 6.07) is 54.4. The van der Waals surface area contributed by atoms with Crippen LogP contribution in [0.2, 0.25) is 0 Å². The lowest BCUT2D eigenvalue weighted by atomic mass is 9.79. The van der Waals surface area contributed by atoms with Crippen LogP contribution in [0.3, 0.4) is 0 Å². The molecule has 1 fully saturated rings. The van der Waals surface area contributed by atoms with E-state index in [4.69, 9.17) is 4.74 Å². The van der Waals surface area contributed by atoms with Crippen LogP contribution in [0.15, 0.2) is 162 Å². The summed E-state index contributed by atoms with van der Waals surface area (Å²) in [7, 11) is -1.44. The molecule has 9 rings (SSSR count). The predicted molar refractivity (Wildman–Crippen MR) is 211 cm³/mol. The molecule has 5 heteroatoms. The lowest BCUT2D eigenvalue weighted by Crippen LogP contribution is -2.29. The van der Waals surface area contributed by atoms with Gasteiger partial charge >= 0.3 is 7.12 Å². The maximum atomic E-state index is 9.28. The van der Waals surface area contributed by atoms with Gasteiger partial charge in [-0.2, -0.15) is 0 Å². The third kappa shape index (κ3) is 7.31. The number of ether oxygens (including phenoxy) is 1. The molecule has 0 radical (unpaired) electrons. The van der Waals surface area contributed by atoms with Crippen molar-refractivity contribution in [1.82, 2.24) is 0 Å². The molecule has 0 unspecified atom stereocenters. The average Bonchev–Trinajstić information content (AvgIpc) is 3.74. The number of hydrogen-bond donors (Lipinski definition) is 2. The molecule has 8 aromatic rings. The van der Waals surface area contributed by atoms with Crippen LogP contribution in [0.1, 0.15) is 12.8 Å². The first-order valence-electron chi connectivity index (χ1n) is 16.7. The molecule has 0 atom stereocenters. The zero-order valence-electron chi connectivity index (χ0n) is 27.1. The van der Waals surface area contributed by atoms with E-state index < -0.39 is 7.12 Å². The summed E-state index contributed by atoms with van der Waals surface area (Å²) >= 11 is 3.52. The Morgan fingerprint density at radius 1 is 0.449 bits per heavy atom. The van der Waals surface area contributed by atoms with Crippen molar-refractivity contribution < 1.29 is 14.8 Å². The SMILES string of the molecule is Brc1ccc(-c2c3ccccc3cc3ccccc23)cc1.C1CCOC1.OB(O)c1ccc(-c2c3ccccc3cc3ccccc23)cc1. The van der Waals surface area contributed by atoms with Crippen molar-refractivity contribution in [1.29, 1.82) is 0 Å². The van der Waals surface area contributed by atoms with Gasteiger partial charge in [-0.1, -0.05) is 149 Å². The minimum atomic E-state index is -1.44. The third-order valence-corrected chi connectivity index (χ3v) is 9.53. The Morgan fingerprint density at radius 3 is 1.12 bits per heavy atom. The molecule has 8 aromatic carbocycles. The number of fused-ring (bicyclic) bond motifs is 4. The molecule has 3 nitrogen and oxygen atoms in total. The van der Waals surface area contributed by atoms with E-state index in [2.05, 4.69) is 125 Å². The molecule has 240 valence electrons. The highest BCUT2D eigenvalue weighted by atomic mass is 79.9. The zero-order valence-corrected chi connectivity index (χ0v) is 28.7. The molecule has 1 aliphatic rings. The van der Waals surface area contributed by atoms with E-state index in [0.717, 1.165) is 23.2 Å². The topological polar surface area (TPSA) is 49.7 Å². The van der Waals surface area contributed by atoms with E-state index in [1.165, 1.54) is 72.6 Å². The molecule has 0 aliphatic carbocycles. The zero-order chi connectivity index (χ0) is 33.6. The molecule has 0 aromatic heterocycles. The first-order chi connectivity index (χ1) is 24.1. The van der Waals surface area contributed by atoms with Gasteiger partial charge in [0.15, 0.2) is 0 Å². The fraction of sp³-hybridized carbons (Fsp3) is 0.0909. The van der Waals surface area contributed by atoms with Crippen LogP contribution < -0.4 is 5.46 Å². The van der Waals surface area contributed by atoms with E-state index in [-0.39, 0.29) is 0 Å². The second kappa shape index (κ2) is 15.2. The highest BCUT2D eigenvalue weighted by molar-refractivity contribution is 9.10. The van der Waals surface area contributed by atoms with Gasteiger partial charge in [0.05, 0.1) is 0 Å². The molecule has 49 heavy (non-hydrogen) atoms. The standard InChI is InChI=1S/C20H15BO2.C20H13Br.C4H8O/c22-21(23)17-11-9-14(10-12-17)20-18-7-3-1-5-15(18)13-16-6-2-4-8-19(16)20;21-17-11-9-14(10-12-17)20-18-7-3-1-5-15(18)13-16-6-2-4-8-19(16)20;1-2-4-5-3-1/h1-13,22-23H;1-13H;1-4H2. The summed E-state index contributed by atoms with van der Waals surface area (Å²) in [5.74, 6) is 0. The van der Waals surface area contributed by atoms with Crippen LogP contribution in [0.5, 0.6) is 0 Å².